The molecule has 2 bridgehead atoms. The molecule has 0 aromatic heterocycles. The summed E-state index contributed by atoms with van der Waals surface area (Å²) in [6.07, 6.45) is 4.80. The summed E-state index contributed by atoms with van der Waals surface area (Å²) >= 11 is 0. The molecule has 2 aliphatic carbocycles. The van der Waals surface area contributed by atoms with E-state index in [0.717, 1.165) is 44.4 Å². The average Bonchev–Trinajstić information content (AvgIpc) is 2.50. The lowest BCUT2D eigenvalue weighted by Crippen LogP contribution is -2.60. The van der Waals surface area contributed by atoms with Gasteiger partial charge >= 0.3 is 0 Å². The number of carbonyl (C=O) groups excluding carboxylic acids is 1. The van der Waals surface area contributed by atoms with Crippen molar-refractivity contribution in [2.24, 2.45) is 5.92 Å². The minimum atomic E-state index is 0.0780. The lowest BCUT2D eigenvalue weighted by Gasteiger charge is -2.58. The Labute approximate surface area is 126 Å². The zero-order valence-electron chi connectivity index (χ0n) is 12.9. The van der Waals surface area contributed by atoms with Crippen LogP contribution in [0.25, 0.3) is 0 Å². The number of hydrogen-bond acceptors (Lipinski definition) is 3. The van der Waals surface area contributed by atoms with Crippen molar-refractivity contribution in [3.8, 4) is 5.75 Å². The van der Waals surface area contributed by atoms with Gasteiger partial charge in [0, 0.05) is 24.3 Å². The summed E-state index contributed by atoms with van der Waals surface area (Å²) in [4.78, 5) is 14.7. The van der Waals surface area contributed by atoms with Crippen molar-refractivity contribution >= 4 is 5.78 Å². The Morgan fingerprint density at radius 1 is 1.38 bits per heavy atom. The molecule has 2 unspecified atom stereocenters. The van der Waals surface area contributed by atoms with E-state index < -0.39 is 0 Å². The Balaban J connectivity index is 1.90. The summed E-state index contributed by atoms with van der Waals surface area (Å²) in [5, 5.41) is 0. The van der Waals surface area contributed by atoms with Crippen molar-refractivity contribution in [3.05, 3.63) is 29.3 Å². The van der Waals surface area contributed by atoms with Crippen LogP contribution in [0.5, 0.6) is 5.75 Å². The molecule has 0 radical (unpaired) electrons. The van der Waals surface area contributed by atoms with Crippen LogP contribution in [-0.2, 0) is 16.6 Å². The molecule has 21 heavy (non-hydrogen) atoms. The number of likely N-dealkylation sites (N-methyl/N-ethyl adjacent to an activating group) is 1. The van der Waals surface area contributed by atoms with E-state index in [9.17, 15) is 4.79 Å². The average molecular weight is 285 g/mol. The molecule has 3 nitrogen and oxygen atoms in total. The van der Waals surface area contributed by atoms with Crippen LogP contribution in [-0.4, -0.2) is 37.4 Å². The topological polar surface area (TPSA) is 29.5 Å². The number of rotatable bonds is 1. The molecule has 0 amide bonds. The second-order valence-corrected chi connectivity index (χ2v) is 7.04. The molecule has 1 saturated heterocycles. The zero-order valence-corrected chi connectivity index (χ0v) is 12.9. The standard InChI is InChI=1S/C18H23NO2/c1-19-8-7-18-11-13(20)4-6-15(18)17(19)9-12-3-5-14(21-2)10-16(12)18/h3,5,10,15,17H,4,6-9,11H2,1-2H3/t15-,17?,18?/m1/s1. The number of hydrogen-bond donors (Lipinski definition) is 0. The van der Waals surface area contributed by atoms with E-state index in [1.54, 1.807) is 7.11 Å². The van der Waals surface area contributed by atoms with Gasteiger partial charge in [-0.05, 0) is 62.0 Å². The van der Waals surface area contributed by atoms with E-state index in [-0.39, 0.29) is 5.41 Å². The van der Waals surface area contributed by atoms with Gasteiger partial charge in [-0.3, -0.25) is 4.79 Å². The first-order valence-corrected chi connectivity index (χ1v) is 8.03. The third-order valence-corrected chi connectivity index (χ3v) is 6.18. The van der Waals surface area contributed by atoms with E-state index >= 15 is 0 Å². The van der Waals surface area contributed by atoms with E-state index in [1.165, 1.54) is 11.1 Å². The molecule has 0 spiro atoms. The van der Waals surface area contributed by atoms with Gasteiger partial charge in [0.2, 0.25) is 0 Å². The predicted molar refractivity (Wildman–Crippen MR) is 81.8 cm³/mol. The number of likely N-dealkylation sites (tertiary alicyclic amines) is 1. The molecule has 112 valence electrons. The van der Waals surface area contributed by atoms with Crippen LogP contribution in [0.2, 0.25) is 0 Å². The normalized spacial score (nSPS) is 35.0. The van der Waals surface area contributed by atoms with Crippen LogP contribution in [0.3, 0.4) is 0 Å². The second-order valence-electron chi connectivity index (χ2n) is 7.04. The maximum Gasteiger partial charge on any atom is 0.133 e. The van der Waals surface area contributed by atoms with Crippen LogP contribution < -0.4 is 4.74 Å². The van der Waals surface area contributed by atoms with Crippen molar-refractivity contribution in [2.75, 3.05) is 20.7 Å². The summed E-state index contributed by atoms with van der Waals surface area (Å²) in [7, 11) is 3.97. The van der Waals surface area contributed by atoms with Crippen molar-refractivity contribution < 1.29 is 9.53 Å². The van der Waals surface area contributed by atoms with Crippen molar-refractivity contribution in [1.29, 1.82) is 0 Å². The summed E-state index contributed by atoms with van der Waals surface area (Å²) in [5.74, 6) is 2.01. The van der Waals surface area contributed by atoms with Crippen LogP contribution in [0, 0.1) is 5.92 Å². The summed E-state index contributed by atoms with van der Waals surface area (Å²) in [6.45, 7) is 1.10. The molecule has 3 heteroatoms. The number of ether oxygens (including phenoxy) is 1. The van der Waals surface area contributed by atoms with Gasteiger partial charge in [0.05, 0.1) is 7.11 Å². The third kappa shape index (κ3) is 1.80. The van der Waals surface area contributed by atoms with Crippen molar-refractivity contribution in [3.63, 3.8) is 0 Å². The van der Waals surface area contributed by atoms with Gasteiger partial charge in [-0.2, -0.15) is 0 Å². The molecule has 4 rings (SSSR count). The highest BCUT2D eigenvalue weighted by Gasteiger charge is 2.54. The fourth-order valence-corrected chi connectivity index (χ4v) is 5.12. The van der Waals surface area contributed by atoms with Gasteiger partial charge in [-0.15, -0.1) is 0 Å². The smallest absolute Gasteiger partial charge is 0.133 e. The molecular formula is C18H23NO2. The van der Waals surface area contributed by atoms with E-state index in [2.05, 4.69) is 30.1 Å². The minimum absolute atomic E-state index is 0.0780. The Kier molecular flexibility index (Phi) is 2.90. The van der Waals surface area contributed by atoms with Crippen molar-refractivity contribution in [2.45, 2.75) is 43.6 Å². The van der Waals surface area contributed by atoms with E-state index in [4.69, 9.17) is 4.74 Å². The lowest BCUT2D eigenvalue weighted by atomic mass is 9.52. The van der Waals surface area contributed by atoms with Gasteiger partial charge in [-0.25, -0.2) is 0 Å². The number of Topliss-reactive ketones (excluding diaryl/α,β-unsaturated/α-hetero) is 1. The number of piperidine rings is 1. The van der Waals surface area contributed by atoms with E-state index in [1.807, 2.05) is 0 Å². The number of ketones is 1. The summed E-state index contributed by atoms with van der Waals surface area (Å²) in [6, 6.07) is 7.10. The maximum atomic E-state index is 12.2. The fourth-order valence-electron chi connectivity index (χ4n) is 5.12. The minimum Gasteiger partial charge on any atom is -0.497 e. The number of nitrogens with zero attached hydrogens (tertiary/aromatic N) is 1. The maximum absolute atomic E-state index is 12.2. The second kappa shape index (κ2) is 4.57. The first-order chi connectivity index (χ1) is 10.1. The van der Waals surface area contributed by atoms with Gasteiger partial charge in [0.15, 0.2) is 0 Å². The molecule has 0 N–H and O–H groups in total. The van der Waals surface area contributed by atoms with Gasteiger partial charge in [0.1, 0.15) is 11.5 Å². The zero-order chi connectivity index (χ0) is 14.6. The quantitative estimate of drug-likeness (QED) is 0.794. The highest BCUT2D eigenvalue weighted by Crippen LogP contribution is 2.55. The van der Waals surface area contributed by atoms with Gasteiger partial charge < -0.3 is 9.64 Å². The van der Waals surface area contributed by atoms with Crippen LogP contribution in [0.4, 0.5) is 0 Å². The molecule has 2 fully saturated rings. The van der Waals surface area contributed by atoms with Crippen molar-refractivity contribution in [1.82, 2.24) is 4.90 Å². The monoisotopic (exact) mass is 285 g/mol. The molecule has 1 heterocycles. The lowest BCUT2D eigenvalue weighted by molar-refractivity contribution is -0.126. The number of fused-ring (bicyclic) bond motifs is 1. The summed E-state index contributed by atoms with van der Waals surface area (Å²) < 4.78 is 5.45. The Hall–Kier alpha value is -1.35. The van der Waals surface area contributed by atoms with Gasteiger partial charge in [-0.1, -0.05) is 6.07 Å². The third-order valence-electron chi connectivity index (χ3n) is 6.18. The molecule has 3 aliphatic rings. The molecule has 1 aliphatic heterocycles. The highest BCUT2D eigenvalue weighted by molar-refractivity contribution is 5.81. The van der Waals surface area contributed by atoms with E-state index in [0.29, 0.717) is 17.7 Å². The molecule has 1 aromatic rings. The molecule has 3 atom stereocenters. The van der Waals surface area contributed by atoms with Crippen LogP contribution >= 0.6 is 0 Å². The highest BCUT2D eigenvalue weighted by atomic mass is 16.5. The predicted octanol–water partition coefficient (Wildman–Crippen LogP) is 2.56. The van der Waals surface area contributed by atoms with Gasteiger partial charge in [0.25, 0.3) is 0 Å². The Bertz CT molecular complexity index is 597. The van der Waals surface area contributed by atoms with Crippen LogP contribution in [0.1, 0.15) is 36.8 Å². The Morgan fingerprint density at radius 3 is 3.05 bits per heavy atom. The number of carbonyl (C=O) groups is 1. The largest absolute Gasteiger partial charge is 0.497 e. The number of methoxy groups -OCH3 is 1. The fraction of sp³-hybridized carbons (Fsp3) is 0.611. The Morgan fingerprint density at radius 2 is 2.24 bits per heavy atom. The van der Waals surface area contributed by atoms with Crippen LogP contribution in [0.15, 0.2) is 18.2 Å². The first kappa shape index (κ1) is 13.3. The SMILES string of the molecule is COc1ccc2c(c1)C13CCN(C)C(C2)[C@H]1CCC(=O)C3. The molecule has 1 aromatic carbocycles. The molecular weight excluding hydrogens is 262 g/mol. The first-order valence-electron chi connectivity index (χ1n) is 8.03. The summed E-state index contributed by atoms with van der Waals surface area (Å²) in [5.41, 5.74) is 2.91. The number of benzene rings is 1. The molecule has 1 saturated carbocycles.